The number of halogens is 1. The van der Waals surface area contributed by atoms with Gasteiger partial charge in [-0.05, 0) is 45.8 Å². The van der Waals surface area contributed by atoms with E-state index in [2.05, 4.69) is 76.6 Å². The molecule has 2 atom stereocenters. The fourth-order valence-corrected chi connectivity index (χ4v) is 4.31. The van der Waals surface area contributed by atoms with E-state index in [1.165, 1.54) is 24.9 Å². The summed E-state index contributed by atoms with van der Waals surface area (Å²) < 4.78 is 0. The molecule has 1 aromatic rings. The van der Waals surface area contributed by atoms with Crippen LogP contribution in [-0.4, -0.2) is 92.1 Å². The number of aliphatic imine (C=N–C) groups is 1. The van der Waals surface area contributed by atoms with E-state index >= 15 is 0 Å². The third-order valence-corrected chi connectivity index (χ3v) is 6.25. The van der Waals surface area contributed by atoms with Gasteiger partial charge in [0.2, 0.25) is 0 Å². The molecule has 0 radical (unpaired) electrons. The van der Waals surface area contributed by atoms with Crippen molar-refractivity contribution in [2.24, 2.45) is 4.99 Å². The first-order valence-electron chi connectivity index (χ1n) is 11.4. The average Bonchev–Trinajstić information content (AvgIpc) is 3.18. The van der Waals surface area contributed by atoms with E-state index in [4.69, 9.17) is 4.99 Å². The second-order valence-corrected chi connectivity index (χ2v) is 8.54. The summed E-state index contributed by atoms with van der Waals surface area (Å²) in [5, 5.41) is 7.04. The predicted octanol–water partition coefficient (Wildman–Crippen LogP) is 2.46. The van der Waals surface area contributed by atoms with Gasteiger partial charge in [0.25, 0.3) is 0 Å². The number of piperazine rings is 1. The fourth-order valence-electron chi connectivity index (χ4n) is 4.31. The third-order valence-electron chi connectivity index (χ3n) is 6.25. The van der Waals surface area contributed by atoms with Crippen LogP contribution in [0.5, 0.6) is 0 Å². The van der Waals surface area contributed by atoms with E-state index < -0.39 is 0 Å². The van der Waals surface area contributed by atoms with Gasteiger partial charge in [-0.2, -0.15) is 0 Å². The Labute approximate surface area is 200 Å². The number of guanidine groups is 1. The van der Waals surface area contributed by atoms with Crippen LogP contribution in [0.1, 0.15) is 32.3 Å². The number of hydrogen-bond donors (Lipinski definition) is 2. The van der Waals surface area contributed by atoms with Gasteiger partial charge in [0, 0.05) is 57.9 Å². The van der Waals surface area contributed by atoms with Crippen molar-refractivity contribution in [2.75, 3.05) is 59.4 Å². The molecule has 0 aliphatic carbocycles. The lowest BCUT2D eigenvalue weighted by Crippen LogP contribution is -2.49. The van der Waals surface area contributed by atoms with Crippen molar-refractivity contribution >= 4 is 29.9 Å². The molecule has 1 aromatic carbocycles. The first-order chi connectivity index (χ1) is 14.2. The normalized spacial score (nSPS) is 22.5. The molecule has 7 heteroatoms. The molecule has 170 valence electrons. The summed E-state index contributed by atoms with van der Waals surface area (Å²) in [7, 11) is 2.21. The maximum Gasteiger partial charge on any atom is 0.191 e. The Morgan fingerprint density at radius 2 is 1.83 bits per heavy atom. The molecule has 0 spiro atoms. The van der Waals surface area contributed by atoms with Crippen molar-refractivity contribution in [2.45, 2.75) is 45.3 Å². The highest BCUT2D eigenvalue weighted by Gasteiger charge is 2.24. The van der Waals surface area contributed by atoms with Crippen LogP contribution < -0.4 is 10.6 Å². The van der Waals surface area contributed by atoms with Crippen LogP contribution in [0, 0.1) is 0 Å². The molecule has 0 bridgehead atoms. The summed E-state index contributed by atoms with van der Waals surface area (Å²) in [5.41, 5.74) is 1.40. The first kappa shape index (κ1) is 25.4. The minimum Gasteiger partial charge on any atom is -0.357 e. The van der Waals surface area contributed by atoms with Gasteiger partial charge < -0.3 is 15.5 Å². The minimum absolute atomic E-state index is 0. The van der Waals surface area contributed by atoms with Crippen LogP contribution >= 0.6 is 24.0 Å². The highest BCUT2D eigenvalue weighted by atomic mass is 127. The molecular weight excluding hydrogens is 487 g/mol. The van der Waals surface area contributed by atoms with Crippen molar-refractivity contribution in [3.05, 3.63) is 35.9 Å². The highest BCUT2D eigenvalue weighted by molar-refractivity contribution is 14.0. The Morgan fingerprint density at radius 1 is 1.10 bits per heavy atom. The maximum absolute atomic E-state index is 4.90. The summed E-state index contributed by atoms with van der Waals surface area (Å²) in [6.07, 6.45) is 2.55. The molecule has 2 saturated heterocycles. The maximum atomic E-state index is 4.90. The van der Waals surface area contributed by atoms with E-state index in [0.29, 0.717) is 12.1 Å². The monoisotopic (exact) mass is 528 g/mol. The van der Waals surface area contributed by atoms with Crippen molar-refractivity contribution in [1.82, 2.24) is 25.3 Å². The van der Waals surface area contributed by atoms with E-state index in [1.54, 1.807) is 0 Å². The van der Waals surface area contributed by atoms with E-state index in [9.17, 15) is 0 Å². The summed E-state index contributed by atoms with van der Waals surface area (Å²) >= 11 is 0. The van der Waals surface area contributed by atoms with Gasteiger partial charge in [-0.25, -0.2) is 0 Å². The van der Waals surface area contributed by atoms with Crippen molar-refractivity contribution in [1.29, 1.82) is 0 Å². The smallest absolute Gasteiger partial charge is 0.191 e. The van der Waals surface area contributed by atoms with Crippen LogP contribution in [0.25, 0.3) is 0 Å². The number of hydrogen-bond acceptors (Lipinski definition) is 4. The van der Waals surface area contributed by atoms with Crippen LogP contribution in [-0.2, 0) is 6.54 Å². The number of nitrogens with zero attached hydrogens (tertiary/aromatic N) is 4. The predicted molar refractivity (Wildman–Crippen MR) is 138 cm³/mol. The molecule has 0 saturated carbocycles. The summed E-state index contributed by atoms with van der Waals surface area (Å²) in [5.74, 6) is 0.958. The molecule has 0 amide bonds. The number of rotatable bonds is 8. The largest absolute Gasteiger partial charge is 0.357 e. The zero-order valence-electron chi connectivity index (χ0n) is 19.0. The third kappa shape index (κ3) is 7.98. The molecule has 2 heterocycles. The molecule has 2 unspecified atom stereocenters. The molecule has 0 aromatic heterocycles. The van der Waals surface area contributed by atoms with Crippen molar-refractivity contribution < 1.29 is 0 Å². The summed E-state index contributed by atoms with van der Waals surface area (Å²) in [4.78, 5) is 12.5. The molecule has 3 rings (SSSR count). The second-order valence-electron chi connectivity index (χ2n) is 8.54. The Morgan fingerprint density at radius 3 is 2.53 bits per heavy atom. The van der Waals surface area contributed by atoms with Crippen molar-refractivity contribution in [3.8, 4) is 0 Å². The van der Waals surface area contributed by atoms with Crippen molar-refractivity contribution in [3.63, 3.8) is 0 Å². The molecule has 2 N–H and O–H groups in total. The van der Waals surface area contributed by atoms with Crippen LogP contribution in [0.4, 0.5) is 0 Å². The molecule has 2 aliphatic heterocycles. The number of nitrogens with one attached hydrogen (secondary N) is 2. The quantitative estimate of drug-likeness (QED) is 0.309. The molecular formula is C23H41IN6. The lowest BCUT2D eigenvalue weighted by Gasteiger charge is -2.36. The first-order valence-corrected chi connectivity index (χ1v) is 11.4. The Kier molecular flexibility index (Phi) is 11.4. The lowest BCUT2D eigenvalue weighted by molar-refractivity contribution is 0.122. The summed E-state index contributed by atoms with van der Waals surface area (Å²) in [6, 6.07) is 11.9. The van der Waals surface area contributed by atoms with E-state index in [0.717, 1.165) is 58.3 Å². The van der Waals surface area contributed by atoms with Gasteiger partial charge >= 0.3 is 0 Å². The number of benzene rings is 1. The van der Waals surface area contributed by atoms with Gasteiger partial charge in [0.15, 0.2) is 5.96 Å². The lowest BCUT2D eigenvalue weighted by atomic mass is 10.2. The SMILES string of the molecule is CCNC(=NCC(C)N1CCN(C)CC1)NCC1CCCN1Cc1ccccc1.I. The summed E-state index contributed by atoms with van der Waals surface area (Å²) in [6.45, 7) is 14.0. The Hall–Kier alpha value is -0.900. The molecule has 2 aliphatic rings. The van der Waals surface area contributed by atoms with Gasteiger partial charge in [-0.3, -0.25) is 14.8 Å². The second kappa shape index (κ2) is 13.5. The topological polar surface area (TPSA) is 46.1 Å². The van der Waals surface area contributed by atoms with Gasteiger partial charge in [-0.15, -0.1) is 24.0 Å². The Bertz CT molecular complexity index is 617. The number of likely N-dealkylation sites (N-methyl/N-ethyl adjacent to an activating group) is 1. The average molecular weight is 529 g/mol. The van der Waals surface area contributed by atoms with Crippen LogP contribution in [0.3, 0.4) is 0 Å². The zero-order chi connectivity index (χ0) is 20.5. The Balaban J connectivity index is 0.00000320. The number of likely N-dealkylation sites (tertiary alicyclic amines) is 1. The standard InChI is InChI=1S/C23H40N6.HI/c1-4-24-23(25-17-20(2)28-15-13-27(3)14-16-28)26-18-22-11-8-12-29(22)19-21-9-6-5-7-10-21;/h5-7,9-10,20,22H,4,8,11-19H2,1-3H3,(H2,24,25,26);1H. The van der Waals surface area contributed by atoms with Gasteiger partial charge in [0.1, 0.15) is 0 Å². The van der Waals surface area contributed by atoms with E-state index in [-0.39, 0.29) is 24.0 Å². The van der Waals surface area contributed by atoms with Gasteiger partial charge in [0.05, 0.1) is 6.54 Å². The zero-order valence-corrected chi connectivity index (χ0v) is 21.3. The molecule has 2 fully saturated rings. The molecule has 30 heavy (non-hydrogen) atoms. The molecule has 6 nitrogen and oxygen atoms in total. The van der Waals surface area contributed by atoms with Gasteiger partial charge in [-0.1, -0.05) is 30.3 Å². The van der Waals surface area contributed by atoms with Crippen LogP contribution in [0.2, 0.25) is 0 Å². The highest BCUT2D eigenvalue weighted by Crippen LogP contribution is 2.19. The fraction of sp³-hybridized carbons (Fsp3) is 0.696. The van der Waals surface area contributed by atoms with E-state index in [1.807, 2.05) is 0 Å². The minimum atomic E-state index is 0. The van der Waals surface area contributed by atoms with Crippen LogP contribution in [0.15, 0.2) is 35.3 Å².